The summed E-state index contributed by atoms with van der Waals surface area (Å²) < 4.78 is 10.1. The van der Waals surface area contributed by atoms with Crippen molar-refractivity contribution < 1.29 is 14.3 Å². The Balaban J connectivity index is 2.77. The molecule has 1 heterocycles. The molecule has 0 aliphatic heterocycles. The predicted molar refractivity (Wildman–Crippen MR) is 77.2 cm³/mol. The van der Waals surface area contributed by atoms with E-state index in [9.17, 15) is 4.79 Å². The Morgan fingerprint density at radius 3 is 2.74 bits per heavy atom. The lowest BCUT2D eigenvalue weighted by Gasteiger charge is -2.21. The van der Waals surface area contributed by atoms with Gasteiger partial charge >= 0.3 is 5.97 Å². The zero-order valence-corrected chi connectivity index (χ0v) is 13.1. The molecular formula is C12H19ClN2O3S. The van der Waals surface area contributed by atoms with Crippen LogP contribution in [0.25, 0.3) is 0 Å². The second-order valence-electron chi connectivity index (χ2n) is 4.28. The number of anilines is 1. The van der Waals surface area contributed by atoms with Gasteiger partial charge in [-0.1, -0.05) is 36.8 Å². The fourth-order valence-corrected chi connectivity index (χ4v) is 2.55. The van der Waals surface area contributed by atoms with Gasteiger partial charge in [0.05, 0.1) is 19.8 Å². The third-order valence-electron chi connectivity index (χ3n) is 2.57. The van der Waals surface area contributed by atoms with E-state index >= 15 is 0 Å². The maximum atomic E-state index is 11.5. The first-order valence-electron chi connectivity index (χ1n) is 6.08. The summed E-state index contributed by atoms with van der Waals surface area (Å²) in [5, 5.41) is 4.01. The van der Waals surface area contributed by atoms with Gasteiger partial charge in [-0.2, -0.15) is 0 Å². The predicted octanol–water partition coefficient (Wildman–Crippen LogP) is 3.06. The van der Waals surface area contributed by atoms with Crippen LogP contribution in [-0.2, 0) is 9.47 Å². The number of carbonyl (C=O) groups is 1. The van der Waals surface area contributed by atoms with Crippen LogP contribution < -0.4 is 5.32 Å². The number of halogens is 1. The number of ether oxygens (including phenoxy) is 2. The van der Waals surface area contributed by atoms with Crippen LogP contribution in [0.1, 0.15) is 30.4 Å². The molecule has 0 bridgehead atoms. The monoisotopic (exact) mass is 306 g/mol. The van der Waals surface area contributed by atoms with Gasteiger partial charge in [0.25, 0.3) is 0 Å². The molecule has 1 N–H and O–H groups in total. The quantitative estimate of drug-likeness (QED) is 0.785. The standard InChI is InChI=1S/C12H19ClN2O3S/c1-5-18-6-8(7(2)3)14-12-15-10(13)9(19-12)11(16)17-4/h7-8H,5-6H2,1-4H3,(H,14,15). The Hall–Kier alpha value is -0.850. The molecule has 0 spiro atoms. The fourth-order valence-electron chi connectivity index (χ4n) is 1.39. The first kappa shape index (κ1) is 16.2. The molecule has 0 amide bonds. The lowest BCUT2D eigenvalue weighted by molar-refractivity contribution is 0.0606. The zero-order chi connectivity index (χ0) is 14.4. The summed E-state index contributed by atoms with van der Waals surface area (Å²) in [7, 11) is 1.32. The summed E-state index contributed by atoms with van der Waals surface area (Å²) in [6.07, 6.45) is 0. The van der Waals surface area contributed by atoms with E-state index in [-0.39, 0.29) is 11.2 Å². The molecule has 0 aliphatic carbocycles. The number of methoxy groups -OCH3 is 1. The zero-order valence-electron chi connectivity index (χ0n) is 11.5. The first-order valence-corrected chi connectivity index (χ1v) is 7.27. The summed E-state index contributed by atoms with van der Waals surface area (Å²) in [6.45, 7) is 7.38. The number of hydrogen-bond donors (Lipinski definition) is 1. The number of rotatable bonds is 7. The van der Waals surface area contributed by atoms with E-state index in [0.717, 1.165) is 0 Å². The number of esters is 1. The number of hydrogen-bond acceptors (Lipinski definition) is 6. The van der Waals surface area contributed by atoms with E-state index in [0.29, 0.717) is 29.1 Å². The molecule has 19 heavy (non-hydrogen) atoms. The lowest BCUT2D eigenvalue weighted by atomic mass is 10.1. The average Bonchev–Trinajstić information content (AvgIpc) is 2.74. The van der Waals surface area contributed by atoms with E-state index in [1.165, 1.54) is 18.4 Å². The Morgan fingerprint density at radius 2 is 2.21 bits per heavy atom. The summed E-state index contributed by atoms with van der Waals surface area (Å²) in [5.41, 5.74) is 0. The number of thiazole rings is 1. The van der Waals surface area contributed by atoms with Gasteiger partial charge < -0.3 is 14.8 Å². The Bertz CT molecular complexity index is 423. The van der Waals surface area contributed by atoms with Gasteiger partial charge in [0.2, 0.25) is 0 Å². The second-order valence-corrected chi connectivity index (χ2v) is 5.64. The van der Waals surface area contributed by atoms with Crippen LogP contribution in [0.2, 0.25) is 5.15 Å². The molecule has 7 heteroatoms. The maximum Gasteiger partial charge on any atom is 0.351 e. The number of nitrogens with one attached hydrogen (secondary N) is 1. The minimum absolute atomic E-state index is 0.118. The van der Waals surface area contributed by atoms with Crippen molar-refractivity contribution in [2.45, 2.75) is 26.8 Å². The van der Waals surface area contributed by atoms with E-state index < -0.39 is 5.97 Å². The molecule has 5 nitrogen and oxygen atoms in total. The van der Waals surface area contributed by atoms with Crippen molar-refractivity contribution in [1.82, 2.24) is 4.98 Å². The van der Waals surface area contributed by atoms with Gasteiger partial charge in [-0.3, -0.25) is 0 Å². The topological polar surface area (TPSA) is 60.5 Å². The fraction of sp³-hybridized carbons (Fsp3) is 0.667. The molecule has 1 aromatic heterocycles. The van der Waals surface area contributed by atoms with Gasteiger partial charge in [0.15, 0.2) is 15.2 Å². The minimum atomic E-state index is -0.471. The van der Waals surface area contributed by atoms with Crippen LogP contribution in [0.5, 0.6) is 0 Å². The largest absolute Gasteiger partial charge is 0.465 e. The molecule has 1 unspecified atom stereocenters. The highest BCUT2D eigenvalue weighted by atomic mass is 35.5. The molecule has 1 rings (SSSR count). The number of nitrogens with zero attached hydrogens (tertiary/aromatic N) is 1. The van der Waals surface area contributed by atoms with Crippen LogP contribution >= 0.6 is 22.9 Å². The molecule has 108 valence electrons. The van der Waals surface area contributed by atoms with Crippen molar-refractivity contribution in [3.05, 3.63) is 10.0 Å². The second kappa shape index (κ2) is 7.67. The van der Waals surface area contributed by atoms with Crippen molar-refractivity contribution >= 4 is 34.0 Å². The summed E-state index contributed by atoms with van der Waals surface area (Å²) in [4.78, 5) is 15.9. The SMILES string of the molecule is CCOCC(Nc1nc(Cl)c(C(=O)OC)s1)C(C)C. The molecular weight excluding hydrogens is 288 g/mol. The van der Waals surface area contributed by atoms with Crippen molar-refractivity contribution in [2.24, 2.45) is 5.92 Å². The molecule has 0 saturated heterocycles. The van der Waals surface area contributed by atoms with E-state index in [4.69, 9.17) is 16.3 Å². The van der Waals surface area contributed by atoms with Crippen LogP contribution in [0.15, 0.2) is 0 Å². The third-order valence-corrected chi connectivity index (χ3v) is 3.92. The molecule has 1 atom stereocenters. The molecule has 0 aromatic carbocycles. The summed E-state index contributed by atoms with van der Waals surface area (Å²) in [6, 6.07) is 0.118. The van der Waals surface area contributed by atoms with Crippen LogP contribution in [0.4, 0.5) is 5.13 Å². The average molecular weight is 307 g/mol. The van der Waals surface area contributed by atoms with Crippen LogP contribution in [-0.4, -0.2) is 37.3 Å². The van der Waals surface area contributed by atoms with Crippen molar-refractivity contribution in [3.8, 4) is 0 Å². The normalized spacial score (nSPS) is 12.5. The third kappa shape index (κ3) is 4.63. The highest BCUT2D eigenvalue weighted by Crippen LogP contribution is 2.28. The van der Waals surface area contributed by atoms with E-state index in [1.807, 2.05) is 6.92 Å². The highest BCUT2D eigenvalue weighted by molar-refractivity contribution is 7.18. The lowest BCUT2D eigenvalue weighted by Crippen LogP contribution is -2.30. The first-order chi connectivity index (χ1) is 8.99. The number of aromatic nitrogens is 1. The molecule has 0 aliphatic rings. The molecule has 0 fully saturated rings. The van der Waals surface area contributed by atoms with Gasteiger partial charge in [-0.25, -0.2) is 9.78 Å². The van der Waals surface area contributed by atoms with Crippen molar-refractivity contribution in [2.75, 3.05) is 25.6 Å². The van der Waals surface area contributed by atoms with E-state index in [2.05, 4.69) is 28.9 Å². The maximum absolute atomic E-state index is 11.5. The van der Waals surface area contributed by atoms with Crippen LogP contribution in [0, 0.1) is 5.92 Å². The highest BCUT2D eigenvalue weighted by Gasteiger charge is 2.20. The summed E-state index contributed by atoms with van der Waals surface area (Å²) in [5.74, 6) is -0.0998. The van der Waals surface area contributed by atoms with Gasteiger partial charge in [-0.15, -0.1) is 0 Å². The molecule has 0 saturated carbocycles. The van der Waals surface area contributed by atoms with Gasteiger partial charge in [-0.05, 0) is 12.8 Å². The van der Waals surface area contributed by atoms with Crippen LogP contribution in [0.3, 0.4) is 0 Å². The Kier molecular flexibility index (Phi) is 6.54. The number of carbonyl (C=O) groups excluding carboxylic acids is 1. The smallest absolute Gasteiger partial charge is 0.351 e. The van der Waals surface area contributed by atoms with Gasteiger partial charge in [0.1, 0.15) is 0 Å². The van der Waals surface area contributed by atoms with Crippen molar-refractivity contribution in [1.29, 1.82) is 0 Å². The Labute approximate surface area is 122 Å². The molecule has 1 aromatic rings. The minimum Gasteiger partial charge on any atom is -0.465 e. The molecule has 0 radical (unpaired) electrons. The van der Waals surface area contributed by atoms with Gasteiger partial charge in [0, 0.05) is 6.61 Å². The van der Waals surface area contributed by atoms with E-state index in [1.54, 1.807) is 0 Å². The Morgan fingerprint density at radius 1 is 1.53 bits per heavy atom. The van der Waals surface area contributed by atoms with Crippen molar-refractivity contribution in [3.63, 3.8) is 0 Å². The summed E-state index contributed by atoms with van der Waals surface area (Å²) >= 11 is 7.10.